The third-order valence-electron chi connectivity index (χ3n) is 5.88. The zero-order chi connectivity index (χ0) is 29.3. The lowest BCUT2D eigenvalue weighted by Crippen LogP contribution is -2.42. The first kappa shape index (κ1) is 30.1. The first-order chi connectivity index (χ1) is 18.0. The summed E-state index contributed by atoms with van der Waals surface area (Å²) in [6, 6.07) is 8.99. The molecule has 1 aromatic heterocycles. The molecule has 39 heavy (non-hydrogen) atoms. The Hall–Kier alpha value is -3.40. The number of halogens is 4. The van der Waals surface area contributed by atoms with Crippen molar-refractivity contribution in [1.29, 1.82) is 5.41 Å². The number of nitrogen functional groups attached to an aromatic ring is 2. The molecule has 1 aliphatic rings. The number of carbonyl (C=O) groups excluding carboxylic acids is 1. The summed E-state index contributed by atoms with van der Waals surface area (Å²) in [6.07, 6.45) is -4.69. The Balaban J connectivity index is 0.000000532. The van der Waals surface area contributed by atoms with Crippen LogP contribution in [-0.4, -0.2) is 66.3 Å². The molecular formula is C23H23ClF3N5O5S2. The van der Waals surface area contributed by atoms with Gasteiger partial charge in [0.15, 0.2) is 0 Å². The Bertz CT molecular complexity index is 1540. The number of alkyl halides is 3. The molecule has 0 aliphatic carbocycles. The zero-order valence-corrected chi connectivity index (χ0v) is 22.6. The molecule has 2 heterocycles. The predicted octanol–water partition coefficient (Wildman–Crippen LogP) is 3.48. The molecule has 210 valence electrons. The van der Waals surface area contributed by atoms with Gasteiger partial charge < -0.3 is 21.5 Å². The van der Waals surface area contributed by atoms with Crippen LogP contribution in [0.25, 0.3) is 10.8 Å². The third kappa shape index (κ3) is 6.61. The van der Waals surface area contributed by atoms with E-state index in [2.05, 4.69) is 0 Å². The van der Waals surface area contributed by atoms with E-state index in [9.17, 15) is 26.4 Å². The van der Waals surface area contributed by atoms with E-state index in [1.807, 2.05) is 5.38 Å². The molecule has 1 atom stereocenters. The number of benzene rings is 2. The van der Waals surface area contributed by atoms with E-state index in [4.69, 9.17) is 38.4 Å². The van der Waals surface area contributed by atoms with Crippen molar-refractivity contribution in [2.75, 3.05) is 19.3 Å². The van der Waals surface area contributed by atoms with Crippen molar-refractivity contribution in [1.82, 2.24) is 9.21 Å². The van der Waals surface area contributed by atoms with Gasteiger partial charge in [-0.25, -0.2) is 13.2 Å². The number of sulfonamides is 1. The summed E-state index contributed by atoms with van der Waals surface area (Å²) in [7, 11) is -2.47. The van der Waals surface area contributed by atoms with Gasteiger partial charge in [-0.3, -0.25) is 10.2 Å². The number of likely N-dealkylation sites (tertiary alicyclic amines) is 1. The van der Waals surface area contributed by atoms with Gasteiger partial charge in [-0.15, -0.1) is 11.3 Å². The number of carbonyl (C=O) groups is 2. The van der Waals surface area contributed by atoms with E-state index < -0.39 is 28.2 Å². The minimum atomic E-state index is -5.08. The van der Waals surface area contributed by atoms with Gasteiger partial charge in [0.1, 0.15) is 11.9 Å². The summed E-state index contributed by atoms with van der Waals surface area (Å²) in [6.45, 7) is 0.796. The summed E-state index contributed by atoms with van der Waals surface area (Å²) < 4.78 is 59.4. The molecule has 1 saturated heterocycles. The first-order valence-electron chi connectivity index (χ1n) is 11.0. The van der Waals surface area contributed by atoms with Crippen LogP contribution in [0.15, 0.2) is 46.7 Å². The first-order valence-corrected chi connectivity index (χ1v) is 13.7. The smallest absolute Gasteiger partial charge is 0.475 e. The fraction of sp³-hybridized carbons (Fsp3) is 0.261. The van der Waals surface area contributed by atoms with Gasteiger partial charge in [-0.05, 0) is 47.0 Å². The highest BCUT2D eigenvalue weighted by Gasteiger charge is 2.40. The molecule has 2 aromatic carbocycles. The average Bonchev–Trinajstić information content (AvgIpc) is 3.48. The molecule has 1 fully saturated rings. The predicted molar refractivity (Wildman–Crippen MR) is 141 cm³/mol. The number of aliphatic carboxylic acids is 1. The van der Waals surface area contributed by atoms with Gasteiger partial charge in [0.25, 0.3) is 0 Å². The number of carboxylic acids is 1. The van der Waals surface area contributed by atoms with Gasteiger partial charge in [-0.2, -0.15) is 17.5 Å². The van der Waals surface area contributed by atoms with Gasteiger partial charge in [0.05, 0.1) is 20.5 Å². The molecule has 1 unspecified atom stereocenters. The standard InChI is InChI=1S/C21H22ClN5O3S2.C2HF3O2/c1-26(17-6-7-27(21(17)28)10-12-8-18(20(24)25)31-11-12)32(29,30)14-3-4-15-13(9-14)2-5-16(23)19(15)22;3-2(4,5)1(6)7/h2-5,8-9,11,17H,6-7,10,23H2,1H3,(H3,24,25);(H,6,7). The molecule has 10 nitrogen and oxygen atoms in total. The minimum Gasteiger partial charge on any atom is -0.475 e. The monoisotopic (exact) mass is 605 g/mol. The van der Waals surface area contributed by atoms with E-state index in [0.717, 1.165) is 9.87 Å². The average molecular weight is 606 g/mol. The maximum Gasteiger partial charge on any atom is 0.490 e. The third-order valence-corrected chi connectivity index (χ3v) is 9.17. The lowest BCUT2D eigenvalue weighted by Gasteiger charge is -2.23. The highest BCUT2D eigenvalue weighted by atomic mass is 35.5. The van der Waals surface area contributed by atoms with Crippen molar-refractivity contribution in [3.63, 3.8) is 0 Å². The number of fused-ring (bicyclic) bond motifs is 1. The lowest BCUT2D eigenvalue weighted by atomic mass is 10.1. The van der Waals surface area contributed by atoms with Crippen molar-refractivity contribution in [2.24, 2.45) is 5.73 Å². The summed E-state index contributed by atoms with van der Waals surface area (Å²) in [4.78, 5) is 24.2. The second kappa shape index (κ2) is 11.4. The minimum absolute atomic E-state index is 0.0166. The number of thiophene rings is 1. The Morgan fingerprint density at radius 3 is 2.49 bits per heavy atom. The van der Waals surface area contributed by atoms with Gasteiger partial charge in [0, 0.05) is 25.5 Å². The highest BCUT2D eigenvalue weighted by molar-refractivity contribution is 7.89. The Morgan fingerprint density at radius 2 is 1.92 bits per heavy atom. The zero-order valence-electron chi connectivity index (χ0n) is 20.2. The maximum absolute atomic E-state index is 13.3. The quantitative estimate of drug-likeness (QED) is 0.189. The van der Waals surface area contributed by atoms with E-state index in [0.29, 0.717) is 45.9 Å². The van der Waals surface area contributed by atoms with Crippen molar-refractivity contribution in [3.05, 3.63) is 57.2 Å². The van der Waals surface area contributed by atoms with Crippen molar-refractivity contribution >= 4 is 67.1 Å². The highest BCUT2D eigenvalue weighted by Crippen LogP contribution is 2.32. The van der Waals surface area contributed by atoms with Gasteiger partial charge >= 0.3 is 12.1 Å². The number of amides is 1. The Kier molecular flexibility index (Phi) is 8.79. The molecule has 0 spiro atoms. The van der Waals surface area contributed by atoms with E-state index in [1.54, 1.807) is 35.2 Å². The van der Waals surface area contributed by atoms with Crippen LogP contribution in [0.2, 0.25) is 5.02 Å². The van der Waals surface area contributed by atoms with Crippen LogP contribution >= 0.6 is 22.9 Å². The van der Waals surface area contributed by atoms with Crippen molar-refractivity contribution < 1.29 is 36.3 Å². The van der Waals surface area contributed by atoms with Crippen LogP contribution < -0.4 is 11.5 Å². The SMILES string of the molecule is CN(C1CCN(Cc2csc(C(=N)N)c2)C1=O)S(=O)(=O)c1ccc2c(Cl)c(N)ccc2c1.O=C(O)C(F)(F)F. The summed E-state index contributed by atoms with van der Waals surface area (Å²) in [5.74, 6) is -3.02. The van der Waals surface area contributed by atoms with Crippen molar-refractivity contribution in [3.8, 4) is 0 Å². The summed E-state index contributed by atoms with van der Waals surface area (Å²) >= 11 is 7.57. The van der Waals surface area contributed by atoms with Gasteiger partial charge in [0.2, 0.25) is 15.9 Å². The number of anilines is 1. The maximum atomic E-state index is 13.3. The number of nitrogens with two attached hydrogens (primary N) is 2. The van der Waals surface area contributed by atoms with Crippen LogP contribution in [0.4, 0.5) is 18.9 Å². The fourth-order valence-electron chi connectivity index (χ4n) is 3.82. The van der Waals surface area contributed by atoms with Crippen LogP contribution in [0.1, 0.15) is 16.9 Å². The molecular weight excluding hydrogens is 583 g/mol. The normalized spacial score (nSPS) is 15.9. The molecule has 4 rings (SSSR count). The van der Waals surface area contributed by atoms with E-state index in [1.165, 1.54) is 24.5 Å². The summed E-state index contributed by atoms with van der Waals surface area (Å²) in [5, 5.41) is 18.2. The molecule has 6 N–H and O–H groups in total. The number of hydrogen-bond donors (Lipinski definition) is 4. The Morgan fingerprint density at radius 1 is 1.28 bits per heavy atom. The van der Waals surface area contributed by atoms with Crippen LogP contribution in [0, 0.1) is 5.41 Å². The number of nitrogens with zero attached hydrogens (tertiary/aromatic N) is 2. The molecule has 0 radical (unpaired) electrons. The number of nitrogens with one attached hydrogen (secondary N) is 1. The van der Waals surface area contributed by atoms with Gasteiger partial charge in [-0.1, -0.05) is 23.7 Å². The molecule has 16 heteroatoms. The van der Waals surface area contributed by atoms with Crippen molar-refractivity contribution in [2.45, 2.75) is 30.1 Å². The number of hydrogen-bond acceptors (Lipinski definition) is 7. The topological polar surface area (TPSA) is 171 Å². The molecule has 1 aliphatic heterocycles. The van der Waals surface area contributed by atoms with E-state index >= 15 is 0 Å². The number of carboxylic acid groups (broad SMARTS) is 1. The Labute approximate surface area is 230 Å². The summed E-state index contributed by atoms with van der Waals surface area (Å²) in [5.41, 5.74) is 12.6. The van der Waals surface area contributed by atoms with Crippen LogP contribution in [-0.2, 0) is 26.2 Å². The molecule has 0 saturated carbocycles. The second-order valence-corrected chi connectivity index (χ2v) is 11.8. The molecule has 3 aromatic rings. The fourth-order valence-corrected chi connectivity index (χ4v) is 6.20. The van der Waals surface area contributed by atoms with E-state index in [-0.39, 0.29) is 16.6 Å². The number of rotatable bonds is 6. The molecule has 1 amide bonds. The van der Waals surface area contributed by atoms with Crippen LogP contribution in [0.3, 0.4) is 0 Å². The van der Waals surface area contributed by atoms with Crippen LogP contribution in [0.5, 0.6) is 0 Å². The number of amidine groups is 1. The number of likely N-dealkylation sites (N-methyl/N-ethyl adjacent to an activating group) is 1. The largest absolute Gasteiger partial charge is 0.490 e. The lowest BCUT2D eigenvalue weighted by molar-refractivity contribution is -0.192. The molecule has 0 bridgehead atoms. The second-order valence-electron chi connectivity index (χ2n) is 8.47.